The molecule has 4 aromatic rings. The van der Waals surface area contributed by atoms with Crippen LogP contribution in [0.1, 0.15) is 35.2 Å². The highest BCUT2D eigenvalue weighted by Gasteiger charge is 2.48. The molecular formula is C30H24N2O5S. The van der Waals surface area contributed by atoms with Crippen LogP contribution in [0.5, 0.6) is 11.5 Å². The second-order valence-corrected chi connectivity index (χ2v) is 10.2. The van der Waals surface area contributed by atoms with Crippen LogP contribution in [0, 0.1) is 0 Å². The van der Waals surface area contributed by atoms with Crippen LogP contribution >= 0.6 is 11.3 Å². The molecule has 2 aliphatic heterocycles. The standard InChI is InChI=1S/C30H24N2O5S/c1-18-14-22-15-21(10-11-24(22)37-18)27(33)25-26(32(29(35)28(25)34)30-31-12-13-38-30)20-8-5-9-23(16-20)36-17-19-6-3-2-4-7-19/h2-13,15-16,18,26,33H,14,17H2,1H3/t18-,26+/m1/s1. The van der Waals surface area contributed by atoms with Gasteiger partial charge in [-0.2, -0.15) is 0 Å². The summed E-state index contributed by atoms with van der Waals surface area (Å²) in [6, 6.07) is 21.5. The molecule has 0 bridgehead atoms. The number of ketones is 1. The van der Waals surface area contributed by atoms with Gasteiger partial charge >= 0.3 is 5.91 Å². The molecule has 0 spiro atoms. The molecule has 8 heteroatoms. The largest absolute Gasteiger partial charge is 0.507 e. The maximum absolute atomic E-state index is 13.4. The molecule has 1 amide bonds. The first-order valence-electron chi connectivity index (χ1n) is 12.3. The number of Topliss-reactive ketones (excluding diaryl/α,β-unsaturated/α-hetero) is 1. The van der Waals surface area contributed by atoms with Crippen molar-refractivity contribution in [3.8, 4) is 11.5 Å². The minimum Gasteiger partial charge on any atom is -0.507 e. The van der Waals surface area contributed by atoms with Crippen LogP contribution in [0.2, 0.25) is 0 Å². The first-order chi connectivity index (χ1) is 18.5. The monoisotopic (exact) mass is 524 g/mol. The van der Waals surface area contributed by atoms with Crippen LogP contribution in [0.25, 0.3) is 5.76 Å². The van der Waals surface area contributed by atoms with Gasteiger partial charge in [0.1, 0.15) is 30.0 Å². The number of hydrogen-bond donors (Lipinski definition) is 1. The summed E-state index contributed by atoms with van der Waals surface area (Å²) < 4.78 is 11.8. The Morgan fingerprint density at radius 3 is 2.74 bits per heavy atom. The van der Waals surface area contributed by atoms with E-state index in [-0.39, 0.29) is 17.4 Å². The van der Waals surface area contributed by atoms with Gasteiger partial charge in [-0.3, -0.25) is 14.5 Å². The topological polar surface area (TPSA) is 89.0 Å². The minimum absolute atomic E-state index is 0.0114. The SMILES string of the molecule is C[C@@H]1Cc2cc(C(O)=C3C(=O)C(=O)N(c4nccs4)[C@H]3c3cccc(OCc4ccccc4)c3)ccc2O1. The second kappa shape index (κ2) is 9.79. The fourth-order valence-corrected chi connectivity index (χ4v) is 5.59. The van der Waals surface area contributed by atoms with Crippen molar-refractivity contribution in [3.63, 3.8) is 0 Å². The fourth-order valence-electron chi connectivity index (χ4n) is 4.92. The molecule has 2 atom stereocenters. The molecular weight excluding hydrogens is 500 g/mol. The predicted octanol–water partition coefficient (Wildman–Crippen LogP) is 5.67. The molecule has 1 aromatic heterocycles. The summed E-state index contributed by atoms with van der Waals surface area (Å²) >= 11 is 1.25. The number of rotatable bonds is 6. The third-order valence-corrected chi connectivity index (χ3v) is 7.43. The highest BCUT2D eigenvalue weighted by molar-refractivity contribution is 7.14. The Bertz CT molecular complexity index is 1550. The van der Waals surface area contributed by atoms with E-state index in [9.17, 15) is 14.7 Å². The van der Waals surface area contributed by atoms with Crippen LogP contribution in [0.3, 0.4) is 0 Å². The molecule has 190 valence electrons. The third kappa shape index (κ3) is 4.33. The van der Waals surface area contributed by atoms with Gasteiger partial charge < -0.3 is 14.6 Å². The van der Waals surface area contributed by atoms with E-state index < -0.39 is 17.7 Å². The molecule has 0 unspecified atom stereocenters. The molecule has 1 fully saturated rings. The van der Waals surface area contributed by atoms with Gasteiger partial charge in [0.2, 0.25) is 0 Å². The Morgan fingerprint density at radius 2 is 1.95 bits per heavy atom. The number of amides is 1. The van der Waals surface area contributed by atoms with Crippen LogP contribution in [-0.4, -0.2) is 27.9 Å². The smallest absolute Gasteiger partial charge is 0.301 e. The van der Waals surface area contributed by atoms with Crippen molar-refractivity contribution in [2.24, 2.45) is 0 Å². The molecule has 0 saturated carbocycles. The summed E-state index contributed by atoms with van der Waals surface area (Å²) in [5.74, 6) is -0.383. The van der Waals surface area contributed by atoms with Crippen LogP contribution in [-0.2, 0) is 22.6 Å². The van der Waals surface area contributed by atoms with Crippen molar-refractivity contribution in [2.75, 3.05) is 4.90 Å². The van der Waals surface area contributed by atoms with Crippen molar-refractivity contribution in [3.05, 3.63) is 112 Å². The Hall–Kier alpha value is -4.43. The van der Waals surface area contributed by atoms with Gasteiger partial charge in [0.25, 0.3) is 5.78 Å². The number of carbonyl (C=O) groups excluding carboxylic acids is 2. The number of aliphatic hydroxyl groups excluding tert-OH is 1. The van der Waals surface area contributed by atoms with Crippen molar-refractivity contribution >= 4 is 33.9 Å². The summed E-state index contributed by atoms with van der Waals surface area (Å²) in [5, 5.41) is 13.6. The zero-order valence-corrected chi connectivity index (χ0v) is 21.4. The van der Waals surface area contributed by atoms with Gasteiger partial charge in [-0.25, -0.2) is 4.98 Å². The van der Waals surface area contributed by atoms with Gasteiger partial charge in [0.05, 0.1) is 11.6 Å². The van der Waals surface area contributed by atoms with Crippen molar-refractivity contribution in [1.29, 1.82) is 0 Å². The summed E-state index contributed by atoms with van der Waals surface area (Å²) in [6.07, 6.45) is 2.32. The first kappa shape index (κ1) is 23.9. The number of aromatic nitrogens is 1. The number of fused-ring (bicyclic) bond motifs is 1. The molecule has 1 saturated heterocycles. The Labute approximate surface area is 223 Å². The van der Waals surface area contributed by atoms with Gasteiger partial charge in [0, 0.05) is 23.6 Å². The number of ether oxygens (including phenoxy) is 2. The molecule has 0 aliphatic carbocycles. The van der Waals surface area contributed by atoms with Gasteiger partial charge in [0.15, 0.2) is 5.13 Å². The van der Waals surface area contributed by atoms with E-state index in [0.29, 0.717) is 35.0 Å². The average molecular weight is 525 g/mol. The number of benzene rings is 3. The number of hydrogen-bond acceptors (Lipinski definition) is 7. The molecule has 0 radical (unpaired) electrons. The predicted molar refractivity (Wildman–Crippen MR) is 144 cm³/mol. The Balaban J connectivity index is 1.42. The van der Waals surface area contributed by atoms with E-state index in [4.69, 9.17) is 9.47 Å². The van der Waals surface area contributed by atoms with E-state index >= 15 is 0 Å². The molecule has 3 aromatic carbocycles. The number of nitrogens with zero attached hydrogens (tertiary/aromatic N) is 2. The van der Waals surface area contributed by atoms with E-state index in [2.05, 4.69) is 4.98 Å². The minimum atomic E-state index is -0.871. The summed E-state index contributed by atoms with van der Waals surface area (Å²) in [4.78, 5) is 32.4. The average Bonchev–Trinajstić information content (AvgIpc) is 3.65. The Kier molecular flexibility index (Phi) is 6.17. The lowest BCUT2D eigenvalue weighted by Crippen LogP contribution is -2.29. The lowest BCUT2D eigenvalue weighted by molar-refractivity contribution is -0.132. The van der Waals surface area contributed by atoms with E-state index in [1.807, 2.05) is 61.5 Å². The maximum atomic E-state index is 13.4. The van der Waals surface area contributed by atoms with Gasteiger partial charge in [-0.15, -0.1) is 11.3 Å². The molecule has 6 rings (SSSR count). The van der Waals surface area contributed by atoms with Crippen molar-refractivity contribution in [1.82, 2.24) is 4.98 Å². The first-order valence-corrected chi connectivity index (χ1v) is 13.1. The second-order valence-electron chi connectivity index (χ2n) is 9.29. The van der Waals surface area contributed by atoms with Crippen molar-refractivity contribution in [2.45, 2.75) is 32.1 Å². The molecule has 3 heterocycles. The number of aliphatic hydroxyl groups is 1. The van der Waals surface area contributed by atoms with E-state index in [1.54, 1.807) is 29.8 Å². The van der Waals surface area contributed by atoms with E-state index in [0.717, 1.165) is 16.9 Å². The zero-order chi connectivity index (χ0) is 26.2. The van der Waals surface area contributed by atoms with Gasteiger partial charge in [-0.1, -0.05) is 42.5 Å². The quantitative estimate of drug-likeness (QED) is 0.199. The van der Waals surface area contributed by atoms with Crippen LogP contribution in [0.4, 0.5) is 5.13 Å². The Morgan fingerprint density at radius 1 is 1.11 bits per heavy atom. The lowest BCUT2D eigenvalue weighted by Gasteiger charge is -2.23. The highest BCUT2D eigenvalue weighted by atomic mass is 32.1. The van der Waals surface area contributed by atoms with E-state index in [1.165, 1.54) is 16.2 Å². The number of thiazole rings is 1. The number of carbonyl (C=O) groups is 2. The van der Waals surface area contributed by atoms with Crippen molar-refractivity contribution < 1.29 is 24.2 Å². The number of anilines is 1. The molecule has 2 aliphatic rings. The third-order valence-electron chi connectivity index (χ3n) is 6.66. The van der Waals surface area contributed by atoms with Crippen LogP contribution < -0.4 is 14.4 Å². The molecule has 1 N–H and O–H groups in total. The summed E-state index contributed by atoms with van der Waals surface area (Å²) in [7, 11) is 0. The highest BCUT2D eigenvalue weighted by Crippen LogP contribution is 2.44. The van der Waals surface area contributed by atoms with Gasteiger partial charge in [-0.05, 0) is 53.9 Å². The lowest BCUT2D eigenvalue weighted by atomic mass is 9.94. The fraction of sp³-hybridized carbons (Fsp3) is 0.167. The van der Waals surface area contributed by atoms with Crippen LogP contribution in [0.15, 0.2) is 89.9 Å². The normalized spacial score (nSPS) is 19.9. The molecule has 38 heavy (non-hydrogen) atoms. The summed E-state index contributed by atoms with van der Waals surface area (Å²) in [5.41, 5.74) is 3.06. The molecule has 7 nitrogen and oxygen atoms in total. The summed E-state index contributed by atoms with van der Waals surface area (Å²) in [6.45, 7) is 2.35. The maximum Gasteiger partial charge on any atom is 0.301 e. The zero-order valence-electron chi connectivity index (χ0n) is 20.5.